The van der Waals surface area contributed by atoms with E-state index in [-0.39, 0.29) is 148 Å². The summed E-state index contributed by atoms with van der Waals surface area (Å²) in [4.78, 5) is 98.4. The second-order valence-corrected chi connectivity index (χ2v) is 42.2. The first-order valence-corrected chi connectivity index (χ1v) is 50.5. The van der Waals surface area contributed by atoms with Crippen molar-refractivity contribution in [2.45, 2.75) is 99.7 Å². The van der Waals surface area contributed by atoms with Gasteiger partial charge in [0.05, 0.1) is 73.6 Å². The summed E-state index contributed by atoms with van der Waals surface area (Å²) in [6.45, 7) is 0. The normalized spacial score (nSPS) is 19.5. The summed E-state index contributed by atoms with van der Waals surface area (Å²) >= 11 is 23.3. The molecule has 12 aromatic rings. The number of benzene rings is 12. The van der Waals surface area contributed by atoms with E-state index in [1.807, 2.05) is 18.2 Å². The molecule has 0 amide bonds. The molecular formula is C101H90Cl4F4N8O20S4V2. The summed E-state index contributed by atoms with van der Waals surface area (Å²) in [5.41, 5.74) is 11.1. The van der Waals surface area contributed by atoms with E-state index in [4.69, 9.17) is 51.1 Å². The molecule has 16 rings (SSSR count). The Morgan fingerprint density at radius 2 is 0.490 bits per heavy atom. The van der Waals surface area contributed by atoms with Gasteiger partial charge in [0.1, 0.15) is 23.3 Å². The maximum absolute atomic E-state index is 13.5. The Hall–Kier alpha value is -11.3. The predicted molar refractivity (Wildman–Crippen MR) is 524 cm³/mol. The van der Waals surface area contributed by atoms with Crippen LogP contribution in [0.4, 0.5) is 17.6 Å². The number of Topliss-reactive ketones (excluding diaryl/α,β-unsaturated/α-hetero) is 4. The van der Waals surface area contributed by atoms with E-state index in [2.05, 4.69) is 18.9 Å². The molecule has 2 radical (unpaired) electrons. The molecule has 0 aliphatic carbocycles. The number of methoxy groups -OCH3 is 1. The molecular weight excluding hydrogens is 2090 g/mol. The fourth-order valence-electron chi connectivity index (χ4n) is 16.6. The van der Waals surface area contributed by atoms with Crippen LogP contribution in [0.2, 0.25) is 20.1 Å². The van der Waals surface area contributed by atoms with E-state index in [1.165, 1.54) is 126 Å². The number of hydrogen-bond acceptors (Lipinski definition) is 17. The SMILES string of the molecule is CN1C(C(=O)Cc2ccc(F)c(Cl)c2)CC(c2cccc(-c3cccc(C(=O)O)c3)c2)NS1(=O)=O.CN1[C@@H](C(=O)Cc2ccc(F)c(Cl)c2)C[C@@H](c2cccc(-c3cccc(C(=O)O)c3)c2)NS1(=O)=O.CN1[C@H](C(=O)Cc2ccc(F)c(Cl)c2)C[C@H](c2cccc(-c3cccc(C(=O)O)c3)c2)NS1(=O)=O.COC(=O)c1cccc(-c2cccc(C3CC(C(=O)Cc4ccc(F)c(Cl)c4)N(C)S(=O)(=O)N3)c2)c1.[V].[V]. The quantitative estimate of drug-likeness (QED) is 0.0218. The summed E-state index contributed by atoms with van der Waals surface area (Å²) in [5, 5.41) is 27.4. The van der Waals surface area contributed by atoms with Gasteiger partial charge in [0.15, 0.2) is 23.1 Å². The number of carbonyl (C=O) groups is 8. The molecule has 0 aromatic heterocycles. The molecule has 4 unspecified atom stereocenters. The molecule has 4 aliphatic rings. The van der Waals surface area contributed by atoms with E-state index in [9.17, 15) is 105 Å². The fourth-order valence-corrected chi connectivity index (χ4v) is 22.6. The van der Waals surface area contributed by atoms with Gasteiger partial charge in [-0.1, -0.05) is 192 Å². The van der Waals surface area contributed by atoms with Crippen LogP contribution in [0.3, 0.4) is 0 Å². The van der Waals surface area contributed by atoms with Crippen LogP contribution in [-0.2, 0) is 128 Å². The van der Waals surface area contributed by atoms with Gasteiger partial charge in [-0.3, -0.25) is 19.2 Å². The zero-order valence-corrected chi connectivity index (χ0v) is 85.4. The third-order valence-electron chi connectivity index (χ3n) is 24.3. The molecule has 7 N–H and O–H groups in total. The van der Waals surface area contributed by atoms with Crippen molar-refractivity contribution in [3.63, 3.8) is 0 Å². The number of likely N-dealkylation sites (N-methyl/N-ethyl adjacent to an activating group) is 4. The van der Waals surface area contributed by atoms with Crippen LogP contribution in [0.25, 0.3) is 44.5 Å². The van der Waals surface area contributed by atoms with Crippen LogP contribution in [0.5, 0.6) is 0 Å². The van der Waals surface area contributed by atoms with Crippen LogP contribution in [0.15, 0.2) is 267 Å². The zero-order valence-electron chi connectivity index (χ0n) is 76.3. The first-order valence-electron chi connectivity index (χ1n) is 43.2. The van der Waals surface area contributed by atoms with Gasteiger partial charge in [0, 0.05) is 115 Å². The molecule has 0 spiro atoms. The third-order valence-corrected chi connectivity index (χ3v) is 31.8. The summed E-state index contributed by atoms with van der Waals surface area (Å²) in [7, 11) is -9.13. The molecule has 4 aliphatic heterocycles. The number of nitrogens with zero attached hydrogens (tertiary/aromatic N) is 4. The van der Waals surface area contributed by atoms with Crippen LogP contribution in [0.1, 0.15) is 136 Å². The van der Waals surface area contributed by atoms with Gasteiger partial charge in [-0.15, -0.1) is 0 Å². The number of esters is 1. The average Bonchev–Trinajstić information content (AvgIpc) is 0.784. The van der Waals surface area contributed by atoms with Gasteiger partial charge >= 0.3 is 23.9 Å². The largest absolute Gasteiger partial charge is 0.478 e. The molecule has 42 heteroatoms. The minimum Gasteiger partial charge on any atom is -0.478 e. The number of aromatic carboxylic acids is 3. The van der Waals surface area contributed by atoms with Crippen LogP contribution < -0.4 is 18.9 Å². The van der Waals surface area contributed by atoms with Crippen molar-refractivity contribution in [1.82, 2.24) is 36.1 Å². The van der Waals surface area contributed by atoms with Gasteiger partial charge in [-0.05, 0) is 236 Å². The Balaban J connectivity index is 0.000000181. The van der Waals surface area contributed by atoms with Crippen LogP contribution in [-0.4, -0.2) is 173 Å². The monoisotopic (exact) mass is 2180 g/mol. The summed E-state index contributed by atoms with van der Waals surface area (Å²) in [6.07, 6.45) is 0.372. The molecule has 0 saturated carbocycles. The van der Waals surface area contributed by atoms with Crippen molar-refractivity contribution in [1.29, 1.82) is 0 Å². The smallest absolute Gasteiger partial charge is 0.337 e. The van der Waals surface area contributed by atoms with Gasteiger partial charge in [-0.25, -0.2) is 36.7 Å². The van der Waals surface area contributed by atoms with Crippen molar-refractivity contribution >= 4 is 134 Å². The number of rotatable bonds is 24. The second-order valence-electron chi connectivity index (χ2n) is 33.6. The van der Waals surface area contributed by atoms with Crippen molar-refractivity contribution in [3.8, 4) is 44.5 Å². The minimum absolute atomic E-state index is 0. The standard InChI is InChI=1S/C26H24ClFN2O5S.3C25H22ClFN2O5S.2V/c1-30-24(25(31)12-16-9-10-22(28)21(27)11-16)15-23(29-36(30,33)34)19-7-3-5-17(13-19)18-6-4-8-20(14-18)26(32)35-2;3*1-29-23(24(30)11-15-8-9-21(27)20(26)10-15)14-22(28-35(29,33)34)18-6-2-4-16(12-18)17-5-3-7-19(13-17)25(31)32;;/h3-11,13-14,23-24,29H,12,15H2,1-2H3;3*2-10,12-13,22-23,28H,11,14H2,1H3,(H,31,32);;/t;2*22-,23+;;;/m.10.../s1. The van der Waals surface area contributed by atoms with E-state index >= 15 is 0 Å². The van der Waals surface area contributed by atoms with E-state index in [0.717, 1.165) is 28.3 Å². The van der Waals surface area contributed by atoms with Gasteiger partial charge in [-0.2, -0.15) is 69.8 Å². The van der Waals surface area contributed by atoms with Gasteiger partial charge < -0.3 is 20.1 Å². The molecule has 0 bridgehead atoms. The Labute approximate surface area is 866 Å². The number of halogens is 8. The predicted octanol–water partition coefficient (Wildman–Crippen LogP) is 17.0. The van der Waals surface area contributed by atoms with Crippen molar-refractivity contribution in [2.75, 3.05) is 35.3 Å². The van der Waals surface area contributed by atoms with Crippen LogP contribution >= 0.6 is 46.4 Å². The van der Waals surface area contributed by atoms with E-state index in [0.29, 0.717) is 83.5 Å². The molecule has 28 nitrogen and oxygen atoms in total. The zero-order chi connectivity index (χ0) is 102. The van der Waals surface area contributed by atoms with E-state index in [1.54, 1.807) is 158 Å². The number of nitrogens with one attached hydrogen (secondary N) is 4. The number of hydrogen-bond donors (Lipinski definition) is 7. The maximum atomic E-state index is 13.5. The number of carbonyl (C=O) groups excluding carboxylic acids is 5. The molecule has 143 heavy (non-hydrogen) atoms. The Bertz CT molecular complexity index is 6890. The molecule has 4 heterocycles. The first kappa shape index (κ1) is 112. The summed E-state index contributed by atoms with van der Waals surface area (Å²) in [6, 6.07) is 64.3. The number of ether oxygens (including phenoxy) is 1. The van der Waals surface area contributed by atoms with Crippen LogP contribution in [0, 0.1) is 23.3 Å². The van der Waals surface area contributed by atoms with Gasteiger partial charge in [0.2, 0.25) is 0 Å². The Morgan fingerprint density at radius 1 is 0.301 bits per heavy atom. The number of carboxylic acid groups (broad SMARTS) is 3. The maximum Gasteiger partial charge on any atom is 0.337 e. The summed E-state index contributed by atoms with van der Waals surface area (Å²) in [5.74, 6) is -7.32. The second kappa shape index (κ2) is 48.2. The first-order chi connectivity index (χ1) is 66.7. The van der Waals surface area contributed by atoms with Crippen molar-refractivity contribution < 1.29 is 147 Å². The van der Waals surface area contributed by atoms with Gasteiger partial charge in [0.25, 0.3) is 40.8 Å². The fraction of sp³-hybridized carbons (Fsp3) is 0.208. The van der Waals surface area contributed by atoms with Crippen molar-refractivity contribution in [2.24, 2.45) is 0 Å². The van der Waals surface area contributed by atoms with Crippen molar-refractivity contribution in [3.05, 3.63) is 377 Å². The molecule has 744 valence electrons. The molecule has 4 fully saturated rings. The third kappa shape index (κ3) is 27.9. The molecule has 8 atom stereocenters. The van der Waals surface area contributed by atoms with E-state index < -0.39 is 136 Å². The minimum atomic E-state index is -3.96. The summed E-state index contributed by atoms with van der Waals surface area (Å²) < 4.78 is 176. The number of carboxylic acids is 3. The average molecular weight is 2180 g/mol. The topological polar surface area (TPSA) is 404 Å². The molecule has 12 aromatic carbocycles. The number of ketones is 4. The Morgan fingerprint density at radius 3 is 0.685 bits per heavy atom. The Kier molecular flexibility index (Phi) is 37.7. The molecule has 4 saturated heterocycles.